The number of nitrogen functional groups attached to an aromatic ring is 1. The molecule has 0 saturated heterocycles. The number of benzene rings is 1. The molecule has 194 valence electrons. The fourth-order valence-electron chi connectivity index (χ4n) is 3.97. The molecule has 38 heavy (non-hydrogen) atoms. The first-order chi connectivity index (χ1) is 18.0. The molecule has 5 aromatic rings. The molecule has 11 nitrogen and oxygen atoms in total. The molecule has 0 aliphatic rings. The minimum atomic E-state index is -4.57. The maximum absolute atomic E-state index is 13.8. The molecule has 0 radical (unpaired) electrons. The summed E-state index contributed by atoms with van der Waals surface area (Å²) in [5, 5.41) is 7.42. The first-order valence-corrected chi connectivity index (χ1v) is 11.1. The van der Waals surface area contributed by atoms with Gasteiger partial charge in [0.05, 0.1) is 46.6 Å². The smallest absolute Gasteiger partial charge is 0.417 e. The molecule has 0 saturated carbocycles. The van der Waals surface area contributed by atoms with Crippen LogP contribution in [0, 0.1) is 0 Å². The highest BCUT2D eigenvalue weighted by Crippen LogP contribution is 2.30. The van der Waals surface area contributed by atoms with Gasteiger partial charge in [-0.15, -0.1) is 0 Å². The standard InChI is InChI=1S/C24H19F3N8O3/c1-33-19-16-9-13(3-6-18(16)32-20(28)17(19)11-31-33)22(36)35(34(2)23(37)21-29-7-8-38-21)12-15-5-4-14(10-30-15)24(25,26)27/h3-11H,12H2,1-2H3,(H2,28,32). The van der Waals surface area contributed by atoms with Gasteiger partial charge in [-0.2, -0.15) is 18.3 Å². The first-order valence-electron chi connectivity index (χ1n) is 11.1. The summed E-state index contributed by atoms with van der Waals surface area (Å²) in [6, 6.07) is 6.70. The number of halogens is 3. The number of pyridine rings is 2. The second-order valence-electron chi connectivity index (χ2n) is 8.32. The average Bonchev–Trinajstić information content (AvgIpc) is 3.57. The van der Waals surface area contributed by atoms with Crippen molar-refractivity contribution in [3.8, 4) is 0 Å². The molecule has 0 atom stereocenters. The minimum absolute atomic E-state index is 0.114. The number of carbonyl (C=O) groups excluding carboxylic acids is 2. The molecule has 4 heterocycles. The molecule has 0 unspecified atom stereocenters. The Kier molecular flexibility index (Phi) is 5.93. The summed E-state index contributed by atoms with van der Waals surface area (Å²) >= 11 is 0. The Bertz CT molecular complexity index is 1660. The zero-order valence-corrected chi connectivity index (χ0v) is 20.0. The second kappa shape index (κ2) is 9.14. The Hall–Kier alpha value is -5.01. The molecule has 4 aromatic heterocycles. The molecule has 14 heteroatoms. The van der Waals surface area contributed by atoms with Crippen LogP contribution in [-0.4, -0.2) is 53.6 Å². The van der Waals surface area contributed by atoms with Crippen LogP contribution in [0.1, 0.15) is 32.3 Å². The zero-order valence-electron chi connectivity index (χ0n) is 20.0. The Labute approximate surface area is 212 Å². The van der Waals surface area contributed by atoms with Crippen molar-refractivity contribution < 1.29 is 27.2 Å². The van der Waals surface area contributed by atoms with Gasteiger partial charge in [-0.25, -0.2) is 20.0 Å². The predicted octanol–water partition coefficient (Wildman–Crippen LogP) is 3.44. The van der Waals surface area contributed by atoms with E-state index in [9.17, 15) is 22.8 Å². The zero-order chi connectivity index (χ0) is 27.2. The third kappa shape index (κ3) is 4.36. The van der Waals surface area contributed by atoms with Crippen molar-refractivity contribution in [1.82, 2.24) is 34.8 Å². The number of nitrogens with zero attached hydrogens (tertiary/aromatic N) is 7. The van der Waals surface area contributed by atoms with Crippen LogP contribution >= 0.6 is 0 Å². The molecule has 0 fully saturated rings. The number of alkyl halides is 3. The lowest BCUT2D eigenvalue weighted by atomic mass is 10.1. The summed E-state index contributed by atoms with van der Waals surface area (Å²) in [6.45, 7) is -0.320. The third-order valence-electron chi connectivity index (χ3n) is 5.92. The predicted molar refractivity (Wildman–Crippen MR) is 128 cm³/mol. The van der Waals surface area contributed by atoms with Gasteiger partial charge in [0.2, 0.25) is 0 Å². The molecule has 0 aliphatic carbocycles. The Morgan fingerprint density at radius 2 is 1.87 bits per heavy atom. The van der Waals surface area contributed by atoms with Gasteiger partial charge in [0.25, 0.3) is 11.8 Å². The van der Waals surface area contributed by atoms with Crippen LogP contribution in [-0.2, 0) is 19.8 Å². The molecule has 0 aliphatic heterocycles. The number of rotatable bonds is 4. The average molecular weight is 524 g/mol. The van der Waals surface area contributed by atoms with E-state index >= 15 is 0 Å². The highest BCUT2D eigenvalue weighted by atomic mass is 19.4. The number of amides is 2. The molecule has 5 rings (SSSR count). The maximum Gasteiger partial charge on any atom is 0.417 e. The summed E-state index contributed by atoms with van der Waals surface area (Å²) < 4.78 is 45.7. The molecule has 0 spiro atoms. The van der Waals surface area contributed by atoms with Crippen LogP contribution in [0.3, 0.4) is 0 Å². The number of fused-ring (bicyclic) bond motifs is 3. The van der Waals surface area contributed by atoms with Gasteiger partial charge in [-0.3, -0.25) is 19.3 Å². The quantitative estimate of drug-likeness (QED) is 0.353. The van der Waals surface area contributed by atoms with Gasteiger partial charge in [-0.05, 0) is 30.3 Å². The lowest BCUT2D eigenvalue weighted by Crippen LogP contribution is -2.47. The molecular formula is C24H19F3N8O3. The molecule has 2 N–H and O–H groups in total. The van der Waals surface area contributed by atoms with Crippen molar-refractivity contribution in [3.63, 3.8) is 0 Å². The van der Waals surface area contributed by atoms with Crippen LogP contribution in [0.4, 0.5) is 19.0 Å². The van der Waals surface area contributed by atoms with E-state index in [0.717, 1.165) is 22.2 Å². The summed E-state index contributed by atoms with van der Waals surface area (Å²) in [5.74, 6) is -1.38. The number of hydrogen-bond acceptors (Lipinski definition) is 8. The van der Waals surface area contributed by atoms with Crippen molar-refractivity contribution >= 4 is 39.4 Å². The van der Waals surface area contributed by atoms with E-state index in [-0.39, 0.29) is 29.5 Å². The fourth-order valence-corrected chi connectivity index (χ4v) is 3.97. The summed E-state index contributed by atoms with van der Waals surface area (Å²) in [5.41, 5.74) is 6.57. The van der Waals surface area contributed by atoms with Crippen LogP contribution in [0.15, 0.2) is 59.6 Å². The SMILES string of the molecule is CN(C(=O)c1ncco1)N(Cc1ccc(C(F)(F)F)cn1)C(=O)c1ccc2nc(N)c3cnn(C)c3c2c1. The van der Waals surface area contributed by atoms with Crippen molar-refractivity contribution in [3.05, 3.63) is 77.9 Å². The maximum atomic E-state index is 13.8. The molecular weight excluding hydrogens is 505 g/mol. The van der Waals surface area contributed by atoms with E-state index in [1.165, 1.54) is 25.6 Å². The first kappa shape index (κ1) is 24.7. The number of carbonyl (C=O) groups is 2. The van der Waals surface area contributed by atoms with Crippen molar-refractivity contribution in [2.24, 2.45) is 7.05 Å². The molecule has 1 aromatic carbocycles. The lowest BCUT2D eigenvalue weighted by Gasteiger charge is -2.31. The van der Waals surface area contributed by atoms with Crippen LogP contribution in [0.5, 0.6) is 0 Å². The molecule has 0 bridgehead atoms. The fraction of sp³-hybridized carbons (Fsp3) is 0.167. The normalized spacial score (nSPS) is 11.7. The number of aryl methyl sites for hydroxylation is 1. The Morgan fingerprint density at radius 3 is 2.53 bits per heavy atom. The monoisotopic (exact) mass is 524 g/mol. The summed E-state index contributed by atoms with van der Waals surface area (Å²) in [6.07, 6.45) is 0.131. The van der Waals surface area contributed by atoms with E-state index in [0.29, 0.717) is 28.0 Å². The van der Waals surface area contributed by atoms with Crippen LogP contribution in [0.25, 0.3) is 21.8 Å². The van der Waals surface area contributed by atoms with E-state index in [2.05, 4.69) is 20.1 Å². The number of aromatic nitrogens is 5. The second-order valence-corrected chi connectivity index (χ2v) is 8.32. The Morgan fingerprint density at radius 1 is 1.08 bits per heavy atom. The number of anilines is 1. The third-order valence-corrected chi connectivity index (χ3v) is 5.92. The lowest BCUT2D eigenvalue weighted by molar-refractivity contribution is -0.137. The summed E-state index contributed by atoms with van der Waals surface area (Å²) in [4.78, 5) is 38.8. The minimum Gasteiger partial charge on any atom is -0.441 e. The highest BCUT2D eigenvalue weighted by molar-refractivity contribution is 6.10. The van der Waals surface area contributed by atoms with Gasteiger partial charge in [0.1, 0.15) is 12.1 Å². The number of hydrogen-bond donors (Lipinski definition) is 1. The Balaban J connectivity index is 1.56. The van der Waals surface area contributed by atoms with Gasteiger partial charge in [-0.1, -0.05) is 0 Å². The van der Waals surface area contributed by atoms with Gasteiger partial charge in [0, 0.05) is 31.2 Å². The van der Waals surface area contributed by atoms with Crippen LogP contribution in [0.2, 0.25) is 0 Å². The largest absolute Gasteiger partial charge is 0.441 e. The van der Waals surface area contributed by atoms with Crippen molar-refractivity contribution in [2.75, 3.05) is 12.8 Å². The topological polar surface area (TPSA) is 136 Å². The van der Waals surface area contributed by atoms with Crippen LogP contribution < -0.4 is 5.73 Å². The summed E-state index contributed by atoms with van der Waals surface area (Å²) in [7, 11) is 3.04. The van der Waals surface area contributed by atoms with E-state index in [1.807, 2.05) is 0 Å². The van der Waals surface area contributed by atoms with E-state index < -0.39 is 23.6 Å². The number of oxazole rings is 1. The van der Waals surface area contributed by atoms with E-state index in [4.69, 9.17) is 10.2 Å². The number of nitrogens with two attached hydrogens (primary N) is 1. The number of hydrazine groups is 1. The van der Waals surface area contributed by atoms with Crippen molar-refractivity contribution in [1.29, 1.82) is 0 Å². The highest BCUT2D eigenvalue weighted by Gasteiger charge is 2.32. The van der Waals surface area contributed by atoms with Crippen molar-refractivity contribution in [2.45, 2.75) is 12.7 Å². The van der Waals surface area contributed by atoms with Gasteiger partial charge < -0.3 is 10.2 Å². The van der Waals surface area contributed by atoms with Gasteiger partial charge in [0.15, 0.2) is 0 Å². The molecule has 2 amide bonds. The van der Waals surface area contributed by atoms with Gasteiger partial charge >= 0.3 is 12.1 Å². The van der Waals surface area contributed by atoms with E-state index in [1.54, 1.807) is 30.1 Å².